The molecular formula is C19H20N2O4S. The Balaban J connectivity index is 1.36. The summed E-state index contributed by atoms with van der Waals surface area (Å²) < 4.78 is 11.2. The predicted octanol–water partition coefficient (Wildman–Crippen LogP) is 2.47. The van der Waals surface area contributed by atoms with Crippen molar-refractivity contribution in [3.63, 3.8) is 0 Å². The molecule has 0 bridgehead atoms. The van der Waals surface area contributed by atoms with Crippen molar-refractivity contribution in [2.75, 3.05) is 6.61 Å². The third-order valence-corrected chi connectivity index (χ3v) is 5.80. The molecule has 2 heterocycles. The first kappa shape index (κ1) is 16.9. The number of thiophene rings is 1. The maximum Gasteiger partial charge on any atom is 0.283 e. The lowest BCUT2D eigenvalue weighted by Crippen LogP contribution is -2.50. The molecule has 4 rings (SSSR count). The fourth-order valence-electron chi connectivity index (χ4n) is 3.28. The zero-order chi connectivity index (χ0) is 18.1. The number of hydrogen-bond acceptors (Lipinski definition) is 5. The van der Waals surface area contributed by atoms with Crippen molar-refractivity contribution in [3.05, 3.63) is 45.6 Å². The van der Waals surface area contributed by atoms with E-state index in [1.54, 1.807) is 23.5 Å². The van der Waals surface area contributed by atoms with Gasteiger partial charge in [-0.3, -0.25) is 20.4 Å². The van der Waals surface area contributed by atoms with Crippen molar-refractivity contribution in [2.24, 2.45) is 5.92 Å². The van der Waals surface area contributed by atoms with Gasteiger partial charge in [-0.15, -0.1) is 11.3 Å². The van der Waals surface area contributed by atoms with Gasteiger partial charge in [0.15, 0.2) is 11.5 Å². The highest BCUT2D eigenvalue weighted by molar-refractivity contribution is 7.10. The molecule has 2 amide bonds. The molecule has 2 aromatic rings. The zero-order valence-electron chi connectivity index (χ0n) is 14.4. The third kappa shape index (κ3) is 3.26. The molecule has 0 spiro atoms. The Morgan fingerprint density at radius 1 is 1.19 bits per heavy atom. The quantitative estimate of drug-likeness (QED) is 0.794. The van der Waals surface area contributed by atoms with E-state index in [2.05, 4.69) is 17.8 Å². The number of rotatable bonds is 2. The van der Waals surface area contributed by atoms with E-state index in [4.69, 9.17) is 9.47 Å². The average molecular weight is 372 g/mol. The second-order valence-corrected chi connectivity index (χ2v) is 7.67. The van der Waals surface area contributed by atoms with Crippen LogP contribution in [0.4, 0.5) is 0 Å². The fraction of sp³-hybridized carbons (Fsp3) is 0.368. The van der Waals surface area contributed by atoms with E-state index in [0.29, 0.717) is 23.0 Å². The van der Waals surface area contributed by atoms with Gasteiger partial charge in [0.2, 0.25) is 6.10 Å². The molecular weight excluding hydrogens is 352 g/mol. The molecule has 0 saturated carbocycles. The maximum atomic E-state index is 12.5. The highest BCUT2D eigenvalue weighted by atomic mass is 32.1. The average Bonchev–Trinajstić information content (AvgIpc) is 3.08. The molecule has 1 aliphatic carbocycles. The largest absolute Gasteiger partial charge is 0.485 e. The Morgan fingerprint density at radius 2 is 2.00 bits per heavy atom. The number of ether oxygens (including phenoxy) is 2. The van der Waals surface area contributed by atoms with Crippen LogP contribution in [-0.4, -0.2) is 24.5 Å². The van der Waals surface area contributed by atoms with E-state index >= 15 is 0 Å². The number of hydrogen-bond donors (Lipinski definition) is 2. The van der Waals surface area contributed by atoms with Crippen LogP contribution in [0.5, 0.6) is 11.5 Å². The summed E-state index contributed by atoms with van der Waals surface area (Å²) in [7, 11) is 0. The van der Waals surface area contributed by atoms with Gasteiger partial charge in [0.1, 0.15) is 6.61 Å². The van der Waals surface area contributed by atoms with Gasteiger partial charge >= 0.3 is 0 Å². The number of amides is 2. The van der Waals surface area contributed by atoms with E-state index in [-0.39, 0.29) is 12.5 Å². The second-order valence-electron chi connectivity index (χ2n) is 6.71. The lowest BCUT2D eigenvalue weighted by Gasteiger charge is -2.25. The molecule has 0 radical (unpaired) electrons. The Bertz CT molecular complexity index is 848. The molecule has 7 heteroatoms. The van der Waals surface area contributed by atoms with E-state index < -0.39 is 12.0 Å². The lowest BCUT2D eigenvalue weighted by atomic mass is 9.88. The van der Waals surface area contributed by atoms with Gasteiger partial charge in [-0.05, 0) is 42.9 Å². The minimum absolute atomic E-state index is 0.102. The second kappa shape index (κ2) is 6.99. The molecule has 2 aliphatic rings. The van der Waals surface area contributed by atoms with Gasteiger partial charge in [0.25, 0.3) is 11.8 Å². The van der Waals surface area contributed by atoms with Crippen LogP contribution in [0, 0.1) is 5.92 Å². The highest BCUT2D eigenvalue weighted by Crippen LogP contribution is 2.33. The smallest absolute Gasteiger partial charge is 0.283 e. The number of fused-ring (bicyclic) bond motifs is 2. The molecule has 1 aliphatic heterocycles. The number of benzene rings is 1. The van der Waals surface area contributed by atoms with Gasteiger partial charge in [0, 0.05) is 10.3 Å². The third-order valence-electron chi connectivity index (χ3n) is 4.75. The van der Waals surface area contributed by atoms with Crippen LogP contribution in [0.3, 0.4) is 0 Å². The highest BCUT2D eigenvalue weighted by Gasteiger charge is 2.28. The van der Waals surface area contributed by atoms with Gasteiger partial charge in [-0.2, -0.15) is 0 Å². The summed E-state index contributed by atoms with van der Waals surface area (Å²) in [6.07, 6.45) is 2.21. The summed E-state index contributed by atoms with van der Waals surface area (Å²) >= 11 is 1.62. The standard InChI is InChI=1S/C19H20N2O4S/c1-11-6-7-12-13(10-26-17(12)8-11)18(22)20-21-19(23)16-9-24-14-4-2-3-5-15(14)25-16/h2-5,10-11,16H,6-9H2,1H3,(H,20,22)(H,21,23). The van der Waals surface area contributed by atoms with E-state index in [9.17, 15) is 9.59 Å². The van der Waals surface area contributed by atoms with Crippen molar-refractivity contribution < 1.29 is 19.1 Å². The number of para-hydroxylation sites is 2. The van der Waals surface area contributed by atoms with Gasteiger partial charge in [-0.1, -0.05) is 19.1 Å². The van der Waals surface area contributed by atoms with Crippen molar-refractivity contribution in [1.29, 1.82) is 0 Å². The van der Waals surface area contributed by atoms with E-state index in [0.717, 1.165) is 24.8 Å². The Hall–Kier alpha value is -2.54. The van der Waals surface area contributed by atoms with Crippen LogP contribution in [0.15, 0.2) is 29.6 Å². The summed E-state index contributed by atoms with van der Waals surface area (Å²) in [5, 5.41) is 1.88. The molecule has 2 N–H and O–H groups in total. The molecule has 2 unspecified atom stereocenters. The number of carbonyl (C=O) groups is 2. The van der Waals surface area contributed by atoms with Crippen LogP contribution < -0.4 is 20.3 Å². The molecule has 6 nitrogen and oxygen atoms in total. The monoisotopic (exact) mass is 372 g/mol. The lowest BCUT2D eigenvalue weighted by molar-refractivity contribution is -0.131. The molecule has 26 heavy (non-hydrogen) atoms. The van der Waals surface area contributed by atoms with Crippen molar-refractivity contribution in [1.82, 2.24) is 10.9 Å². The predicted molar refractivity (Wildman–Crippen MR) is 97.5 cm³/mol. The Labute approximate surface area is 155 Å². The topological polar surface area (TPSA) is 76.7 Å². The normalized spacial score (nSPS) is 20.8. The van der Waals surface area contributed by atoms with Crippen LogP contribution in [0.25, 0.3) is 0 Å². The van der Waals surface area contributed by atoms with E-state index in [1.165, 1.54) is 4.88 Å². The van der Waals surface area contributed by atoms with Crippen LogP contribution in [-0.2, 0) is 17.6 Å². The van der Waals surface area contributed by atoms with Crippen molar-refractivity contribution in [3.8, 4) is 11.5 Å². The Kier molecular flexibility index (Phi) is 4.55. The summed E-state index contributed by atoms with van der Waals surface area (Å²) in [5.74, 6) is 1.06. The first-order valence-electron chi connectivity index (χ1n) is 8.69. The number of carbonyl (C=O) groups excluding carboxylic acids is 2. The first-order valence-corrected chi connectivity index (χ1v) is 9.57. The summed E-state index contributed by atoms with van der Waals surface area (Å²) in [6, 6.07) is 7.17. The molecule has 0 saturated heterocycles. The van der Waals surface area contributed by atoms with E-state index in [1.807, 2.05) is 17.5 Å². The van der Waals surface area contributed by atoms with Crippen molar-refractivity contribution in [2.45, 2.75) is 32.3 Å². The van der Waals surface area contributed by atoms with Crippen LogP contribution in [0.2, 0.25) is 0 Å². The molecule has 0 fully saturated rings. The first-order chi connectivity index (χ1) is 12.6. The molecule has 1 aromatic carbocycles. The summed E-state index contributed by atoms with van der Waals surface area (Å²) in [5.41, 5.74) is 6.72. The minimum Gasteiger partial charge on any atom is -0.485 e. The summed E-state index contributed by atoms with van der Waals surface area (Å²) in [4.78, 5) is 26.0. The number of hydrazine groups is 1. The maximum absolute atomic E-state index is 12.5. The van der Waals surface area contributed by atoms with Crippen molar-refractivity contribution >= 4 is 23.2 Å². The molecule has 2 atom stereocenters. The van der Waals surface area contributed by atoms with Crippen LogP contribution in [0.1, 0.15) is 34.1 Å². The number of nitrogens with one attached hydrogen (secondary N) is 2. The van der Waals surface area contributed by atoms with Crippen LogP contribution >= 0.6 is 11.3 Å². The Morgan fingerprint density at radius 3 is 2.85 bits per heavy atom. The van der Waals surface area contributed by atoms with Gasteiger partial charge in [-0.25, -0.2) is 0 Å². The summed E-state index contributed by atoms with van der Waals surface area (Å²) in [6.45, 7) is 2.33. The fourth-order valence-corrected chi connectivity index (χ4v) is 4.53. The SMILES string of the molecule is CC1CCc2c(C(=O)NNC(=O)C3COc4ccccc4O3)csc2C1. The van der Waals surface area contributed by atoms with Gasteiger partial charge < -0.3 is 9.47 Å². The molecule has 136 valence electrons. The zero-order valence-corrected chi connectivity index (χ0v) is 15.2. The molecule has 1 aromatic heterocycles. The minimum atomic E-state index is -0.803. The van der Waals surface area contributed by atoms with Gasteiger partial charge in [0.05, 0.1) is 5.56 Å².